The first-order chi connectivity index (χ1) is 7.77. The molecule has 1 heterocycles. The van der Waals surface area contributed by atoms with Crippen LogP contribution in [0.1, 0.15) is 17.0 Å². The Labute approximate surface area is 93.5 Å². The van der Waals surface area contributed by atoms with Gasteiger partial charge in [-0.2, -0.15) is 5.10 Å². The molecule has 16 heavy (non-hydrogen) atoms. The molecule has 1 unspecified atom stereocenters. The lowest BCUT2D eigenvalue weighted by Gasteiger charge is -2.10. The van der Waals surface area contributed by atoms with Crippen molar-refractivity contribution in [1.29, 1.82) is 0 Å². The molecule has 3 N–H and O–H groups in total. The van der Waals surface area contributed by atoms with E-state index in [1.807, 2.05) is 30.3 Å². The zero-order valence-electron chi connectivity index (χ0n) is 8.76. The number of H-pyrrole nitrogens is 1. The van der Waals surface area contributed by atoms with Crippen molar-refractivity contribution < 1.29 is 4.79 Å². The van der Waals surface area contributed by atoms with Crippen LogP contribution in [0.25, 0.3) is 0 Å². The third-order valence-corrected chi connectivity index (χ3v) is 2.55. The highest BCUT2D eigenvalue weighted by Crippen LogP contribution is 2.19. The molecule has 2 rings (SSSR count). The number of nitrogens with zero attached hydrogens (tertiary/aromatic N) is 1. The minimum Gasteiger partial charge on any atom is -0.369 e. The fraction of sp³-hybridized carbons (Fsp3) is 0.167. The van der Waals surface area contributed by atoms with E-state index in [1.165, 1.54) is 0 Å². The Morgan fingerprint density at radius 3 is 2.69 bits per heavy atom. The quantitative estimate of drug-likeness (QED) is 0.805. The molecule has 0 aliphatic heterocycles. The summed E-state index contributed by atoms with van der Waals surface area (Å²) in [6.45, 7) is 0. The summed E-state index contributed by atoms with van der Waals surface area (Å²) < 4.78 is 0. The smallest absolute Gasteiger partial charge is 0.225 e. The summed E-state index contributed by atoms with van der Waals surface area (Å²) in [5.41, 5.74) is 7.32. The van der Waals surface area contributed by atoms with Crippen molar-refractivity contribution in [2.75, 3.05) is 0 Å². The van der Waals surface area contributed by atoms with Crippen molar-refractivity contribution in [3.8, 4) is 0 Å². The number of nitrogens with one attached hydrogen (secondary N) is 1. The van der Waals surface area contributed by atoms with Crippen molar-refractivity contribution in [2.24, 2.45) is 5.73 Å². The number of primary amides is 1. The Morgan fingerprint density at radius 1 is 1.38 bits per heavy atom. The maximum Gasteiger partial charge on any atom is 0.225 e. The normalized spacial score (nSPS) is 12.2. The van der Waals surface area contributed by atoms with Crippen molar-refractivity contribution in [1.82, 2.24) is 10.2 Å². The SMILES string of the molecule is NC(=O)C(Cc1ccccc1)c1cn[nH]c1. The predicted octanol–water partition coefficient (Wildman–Crippen LogP) is 1.22. The van der Waals surface area contributed by atoms with E-state index in [0.717, 1.165) is 11.1 Å². The number of aromatic amines is 1. The molecule has 0 aliphatic carbocycles. The lowest BCUT2D eigenvalue weighted by Crippen LogP contribution is -2.22. The second kappa shape index (κ2) is 4.61. The molecule has 1 aromatic heterocycles. The van der Waals surface area contributed by atoms with Gasteiger partial charge in [0.25, 0.3) is 0 Å². The average molecular weight is 215 g/mol. The second-order valence-electron chi connectivity index (χ2n) is 3.68. The molecule has 0 spiro atoms. The summed E-state index contributed by atoms with van der Waals surface area (Å²) in [6.07, 6.45) is 3.95. The Balaban J connectivity index is 2.19. The number of hydrogen-bond donors (Lipinski definition) is 2. The lowest BCUT2D eigenvalue weighted by atomic mass is 9.94. The van der Waals surface area contributed by atoms with Crippen LogP contribution in [0.15, 0.2) is 42.7 Å². The van der Waals surface area contributed by atoms with Crippen LogP contribution >= 0.6 is 0 Å². The van der Waals surface area contributed by atoms with Gasteiger partial charge in [-0.3, -0.25) is 9.89 Å². The van der Waals surface area contributed by atoms with Crippen molar-refractivity contribution in [3.05, 3.63) is 53.9 Å². The third-order valence-electron chi connectivity index (χ3n) is 2.55. The van der Waals surface area contributed by atoms with Crippen LogP contribution in [-0.2, 0) is 11.2 Å². The van der Waals surface area contributed by atoms with E-state index in [9.17, 15) is 4.79 Å². The van der Waals surface area contributed by atoms with Gasteiger partial charge in [-0.25, -0.2) is 0 Å². The first kappa shape index (κ1) is 10.4. The van der Waals surface area contributed by atoms with Gasteiger partial charge in [0.05, 0.1) is 12.1 Å². The number of amides is 1. The maximum atomic E-state index is 11.4. The monoisotopic (exact) mass is 215 g/mol. The number of nitrogens with two attached hydrogens (primary N) is 1. The first-order valence-corrected chi connectivity index (χ1v) is 5.09. The molecule has 0 saturated carbocycles. The van der Waals surface area contributed by atoms with Crippen molar-refractivity contribution >= 4 is 5.91 Å². The highest BCUT2D eigenvalue weighted by Gasteiger charge is 2.19. The molecule has 1 amide bonds. The topological polar surface area (TPSA) is 71.8 Å². The molecule has 1 aromatic carbocycles. The van der Waals surface area contributed by atoms with Gasteiger partial charge in [0.15, 0.2) is 0 Å². The van der Waals surface area contributed by atoms with Crippen LogP contribution < -0.4 is 5.73 Å². The highest BCUT2D eigenvalue weighted by atomic mass is 16.1. The standard InChI is InChI=1S/C12H13N3O/c13-12(16)11(10-7-14-15-8-10)6-9-4-2-1-3-5-9/h1-5,7-8,11H,6H2,(H2,13,16)(H,14,15). The zero-order valence-corrected chi connectivity index (χ0v) is 8.76. The molecule has 0 saturated heterocycles. The van der Waals surface area contributed by atoms with Crippen LogP contribution in [-0.4, -0.2) is 16.1 Å². The van der Waals surface area contributed by atoms with E-state index >= 15 is 0 Å². The summed E-state index contributed by atoms with van der Waals surface area (Å²) in [6, 6.07) is 9.80. The van der Waals surface area contributed by atoms with Gasteiger partial charge in [0.2, 0.25) is 5.91 Å². The van der Waals surface area contributed by atoms with Crippen LogP contribution in [0.3, 0.4) is 0 Å². The zero-order chi connectivity index (χ0) is 11.4. The summed E-state index contributed by atoms with van der Waals surface area (Å²) >= 11 is 0. The predicted molar refractivity (Wildman–Crippen MR) is 60.7 cm³/mol. The van der Waals surface area contributed by atoms with Crippen LogP contribution in [0, 0.1) is 0 Å². The molecule has 1 atom stereocenters. The number of hydrogen-bond acceptors (Lipinski definition) is 2. The van der Waals surface area contributed by atoms with Gasteiger partial charge in [0, 0.05) is 11.8 Å². The minimum atomic E-state index is -0.328. The lowest BCUT2D eigenvalue weighted by molar-refractivity contribution is -0.119. The number of carbonyl (C=O) groups excluding carboxylic acids is 1. The van der Waals surface area contributed by atoms with E-state index in [2.05, 4.69) is 10.2 Å². The van der Waals surface area contributed by atoms with Gasteiger partial charge < -0.3 is 5.73 Å². The van der Waals surface area contributed by atoms with E-state index < -0.39 is 0 Å². The highest BCUT2D eigenvalue weighted by molar-refractivity contribution is 5.82. The van der Waals surface area contributed by atoms with Crippen LogP contribution in [0.4, 0.5) is 0 Å². The molecule has 4 nitrogen and oxygen atoms in total. The Hall–Kier alpha value is -2.10. The molecule has 0 fully saturated rings. The van der Waals surface area contributed by atoms with E-state index in [0.29, 0.717) is 6.42 Å². The molecule has 0 aliphatic rings. The van der Waals surface area contributed by atoms with E-state index in [4.69, 9.17) is 5.73 Å². The van der Waals surface area contributed by atoms with Gasteiger partial charge in [-0.05, 0) is 12.0 Å². The van der Waals surface area contributed by atoms with Gasteiger partial charge in [0.1, 0.15) is 0 Å². The molecule has 82 valence electrons. The number of benzene rings is 1. The van der Waals surface area contributed by atoms with E-state index in [-0.39, 0.29) is 11.8 Å². The first-order valence-electron chi connectivity index (χ1n) is 5.09. The fourth-order valence-electron chi connectivity index (χ4n) is 1.68. The summed E-state index contributed by atoms with van der Waals surface area (Å²) in [5.74, 6) is -0.647. The average Bonchev–Trinajstić information content (AvgIpc) is 2.80. The van der Waals surface area contributed by atoms with Crippen molar-refractivity contribution in [3.63, 3.8) is 0 Å². The molecule has 4 heteroatoms. The summed E-state index contributed by atoms with van der Waals surface area (Å²) in [7, 11) is 0. The minimum absolute atomic E-state index is 0.318. The van der Waals surface area contributed by atoms with Crippen molar-refractivity contribution in [2.45, 2.75) is 12.3 Å². The van der Waals surface area contributed by atoms with Gasteiger partial charge in [-0.15, -0.1) is 0 Å². The molecule has 0 bridgehead atoms. The molecular weight excluding hydrogens is 202 g/mol. The van der Waals surface area contributed by atoms with E-state index in [1.54, 1.807) is 12.4 Å². The largest absolute Gasteiger partial charge is 0.369 e. The Bertz CT molecular complexity index is 450. The molecular formula is C12H13N3O. The number of rotatable bonds is 4. The van der Waals surface area contributed by atoms with Crippen LogP contribution in [0.5, 0.6) is 0 Å². The second-order valence-corrected chi connectivity index (χ2v) is 3.68. The summed E-state index contributed by atoms with van der Waals surface area (Å²) in [4.78, 5) is 11.4. The molecule has 2 aromatic rings. The number of aromatic nitrogens is 2. The Morgan fingerprint density at radius 2 is 2.12 bits per heavy atom. The summed E-state index contributed by atoms with van der Waals surface area (Å²) in [5, 5.41) is 6.53. The fourth-order valence-corrected chi connectivity index (χ4v) is 1.68. The third kappa shape index (κ3) is 2.28. The number of carbonyl (C=O) groups is 1. The Kier molecular flexibility index (Phi) is 3.00. The van der Waals surface area contributed by atoms with Gasteiger partial charge >= 0.3 is 0 Å². The molecule has 0 radical (unpaired) electrons. The van der Waals surface area contributed by atoms with Crippen LogP contribution in [0.2, 0.25) is 0 Å². The maximum absolute atomic E-state index is 11.4. The van der Waals surface area contributed by atoms with Gasteiger partial charge in [-0.1, -0.05) is 30.3 Å².